The van der Waals surface area contributed by atoms with Gasteiger partial charge in [0.2, 0.25) is 5.95 Å². The molecule has 41 heavy (non-hydrogen) atoms. The highest BCUT2D eigenvalue weighted by molar-refractivity contribution is 7.98. The molecule has 1 saturated heterocycles. The van der Waals surface area contributed by atoms with E-state index in [0.29, 0.717) is 24.8 Å². The molecular weight excluding hydrogens is 532 g/mol. The van der Waals surface area contributed by atoms with Crippen LogP contribution in [-0.4, -0.2) is 59.0 Å². The van der Waals surface area contributed by atoms with Crippen LogP contribution in [0.5, 0.6) is 11.5 Å². The number of aryl methyl sites for hydroxylation is 1. The Morgan fingerprint density at radius 3 is 2.17 bits per heavy atom. The second-order valence-electron chi connectivity index (χ2n) is 10.1. The first-order valence-corrected chi connectivity index (χ1v) is 15.0. The number of hydrogen-bond acceptors (Lipinski definition) is 9. The number of hydrogen-bond donors (Lipinski definition) is 0. The highest BCUT2D eigenvalue weighted by Crippen LogP contribution is 2.26. The molecule has 3 heterocycles. The number of thioether (sulfide) groups is 1. The standard InChI is InChI=1S/C32H36N6O2S/c1-23(2)13-18-39-28-20-34-32(35-21-28)38-16-14-37(15-17-38)31-24(3)19-33-30(36-31)26-7-9-27(10-8-26)40-22-25-5-11-29(41-4)12-6-25/h5-13,19-21H,14-18,22H2,1-4H3. The van der Waals surface area contributed by atoms with Crippen LogP contribution in [0.2, 0.25) is 0 Å². The molecule has 8 nitrogen and oxygen atoms in total. The van der Waals surface area contributed by atoms with Crippen molar-refractivity contribution in [1.82, 2.24) is 19.9 Å². The molecule has 4 aromatic rings. The molecule has 9 heteroatoms. The van der Waals surface area contributed by atoms with E-state index in [1.54, 1.807) is 24.2 Å². The van der Waals surface area contributed by atoms with E-state index in [-0.39, 0.29) is 0 Å². The molecule has 5 rings (SSSR count). The van der Waals surface area contributed by atoms with Gasteiger partial charge in [0.1, 0.15) is 24.8 Å². The average Bonchev–Trinajstić information content (AvgIpc) is 3.01. The average molecular weight is 569 g/mol. The van der Waals surface area contributed by atoms with Gasteiger partial charge in [-0.15, -0.1) is 11.8 Å². The van der Waals surface area contributed by atoms with Crippen molar-refractivity contribution >= 4 is 23.5 Å². The van der Waals surface area contributed by atoms with Gasteiger partial charge >= 0.3 is 0 Å². The molecule has 2 aromatic carbocycles. The van der Waals surface area contributed by atoms with Gasteiger partial charge in [0.05, 0.1) is 12.4 Å². The number of rotatable bonds is 10. The Balaban J connectivity index is 1.17. The molecule has 0 N–H and O–H groups in total. The van der Waals surface area contributed by atoms with Crippen molar-refractivity contribution in [2.45, 2.75) is 32.3 Å². The lowest BCUT2D eigenvalue weighted by atomic mass is 10.2. The fourth-order valence-corrected chi connectivity index (χ4v) is 4.86. The molecule has 1 fully saturated rings. The normalized spacial score (nSPS) is 13.2. The molecule has 0 aliphatic carbocycles. The zero-order valence-corrected chi connectivity index (χ0v) is 24.9. The SMILES string of the molecule is CSc1ccc(COc2ccc(-c3ncc(C)c(N4CCN(c5ncc(OCC=C(C)C)cn5)CC4)n3)cc2)cc1. The summed E-state index contributed by atoms with van der Waals surface area (Å²) >= 11 is 1.74. The van der Waals surface area contributed by atoms with E-state index in [1.807, 2.05) is 50.4 Å². The number of allylic oxidation sites excluding steroid dienone is 1. The molecule has 0 bridgehead atoms. The highest BCUT2D eigenvalue weighted by atomic mass is 32.2. The first-order chi connectivity index (χ1) is 20.0. The molecule has 2 aromatic heterocycles. The third-order valence-electron chi connectivity index (χ3n) is 6.84. The van der Waals surface area contributed by atoms with Crippen LogP contribution in [0, 0.1) is 6.92 Å². The summed E-state index contributed by atoms with van der Waals surface area (Å²) in [4.78, 5) is 24.4. The van der Waals surface area contributed by atoms with Gasteiger partial charge in [0, 0.05) is 48.4 Å². The fourth-order valence-electron chi connectivity index (χ4n) is 4.45. The molecular formula is C32H36N6O2S. The number of nitrogens with zero attached hydrogens (tertiary/aromatic N) is 6. The number of aromatic nitrogens is 4. The van der Waals surface area contributed by atoms with Gasteiger partial charge in [-0.2, -0.15) is 0 Å². The van der Waals surface area contributed by atoms with Gasteiger partial charge in [-0.25, -0.2) is 19.9 Å². The van der Waals surface area contributed by atoms with E-state index in [2.05, 4.69) is 62.2 Å². The monoisotopic (exact) mass is 568 g/mol. The summed E-state index contributed by atoms with van der Waals surface area (Å²) < 4.78 is 11.7. The molecule has 0 amide bonds. The van der Waals surface area contributed by atoms with Crippen LogP contribution in [0.15, 0.2) is 83.7 Å². The Morgan fingerprint density at radius 2 is 1.51 bits per heavy atom. The minimum absolute atomic E-state index is 0.523. The van der Waals surface area contributed by atoms with Crippen LogP contribution >= 0.6 is 11.8 Å². The highest BCUT2D eigenvalue weighted by Gasteiger charge is 2.22. The topological polar surface area (TPSA) is 76.5 Å². The van der Waals surface area contributed by atoms with Crippen molar-refractivity contribution in [3.63, 3.8) is 0 Å². The molecule has 1 aliphatic rings. The summed E-state index contributed by atoms with van der Waals surface area (Å²) in [5.41, 5.74) is 4.38. The third-order valence-corrected chi connectivity index (χ3v) is 7.58. The maximum Gasteiger partial charge on any atom is 0.225 e. The maximum atomic E-state index is 5.99. The van der Waals surface area contributed by atoms with Crippen LogP contribution in [0.4, 0.5) is 11.8 Å². The van der Waals surface area contributed by atoms with E-state index in [4.69, 9.17) is 14.5 Å². The van der Waals surface area contributed by atoms with Crippen molar-refractivity contribution in [3.8, 4) is 22.9 Å². The maximum absolute atomic E-state index is 5.99. The Labute approximate surface area is 246 Å². The summed E-state index contributed by atoms with van der Waals surface area (Å²) in [5.74, 6) is 3.89. The summed E-state index contributed by atoms with van der Waals surface area (Å²) in [6, 6.07) is 16.4. The molecule has 0 unspecified atom stereocenters. The van der Waals surface area contributed by atoms with Crippen molar-refractivity contribution in [1.29, 1.82) is 0 Å². The first kappa shape index (κ1) is 28.4. The van der Waals surface area contributed by atoms with E-state index >= 15 is 0 Å². The van der Waals surface area contributed by atoms with Crippen LogP contribution in [-0.2, 0) is 6.61 Å². The van der Waals surface area contributed by atoms with Crippen LogP contribution in [0.25, 0.3) is 11.4 Å². The minimum Gasteiger partial charge on any atom is -0.489 e. The van der Waals surface area contributed by atoms with Crippen molar-refractivity contribution < 1.29 is 9.47 Å². The summed E-state index contributed by atoms with van der Waals surface area (Å²) in [6.07, 6.45) is 9.50. The van der Waals surface area contributed by atoms with Crippen LogP contribution in [0.3, 0.4) is 0 Å². The molecule has 0 spiro atoms. The molecule has 212 valence electrons. The lowest BCUT2D eigenvalue weighted by molar-refractivity contribution is 0.306. The van der Waals surface area contributed by atoms with Gasteiger partial charge in [0.25, 0.3) is 0 Å². The molecule has 0 saturated carbocycles. The predicted octanol–water partition coefficient (Wildman–Crippen LogP) is 6.21. The van der Waals surface area contributed by atoms with Gasteiger partial charge in [-0.3, -0.25) is 0 Å². The van der Waals surface area contributed by atoms with Crippen molar-refractivity contribution in [2.24, 2.45) is 0 Å². The second kappa shape index (κ2) is 13.5. The smallest absolute Gasteiger partial charge is 0.225 e. The molecule has 1 aliphatic heterocycles. The number of benzene rings is 2. The number of ether oxygens (including phenoxy) is 2. The van der Waals surface area contributed by atoms with Gasteiger partial charge in [-0.1, -0.05) is 17.7 Å². The summed E-state index contributed by atoms with van der Waals surface area (Å²) in [7, 11) is 0. The fraction of sp³-hybridized carbons (Fsp3) is 0.312. The second-order valence-corrected chi connectivity index (χ2v) is 11.0. The van der Waals surface area contributed by atoms with E-state index in [1.165, 1.54) is 10.5 Å². The Morgan fingerprint density at radius 1 is 0.829 bits per heavy atom. The third kappa shape index (κ3) is 7.55. The first-order valence-electron chi connectivity index (χ1n) is 13.8. The van der Waals surface area contributed by atoms with Gasteiger partial charge in [-0.05, 0) is 75.1 Å². The Bertz CT molecular complexity index is 1450. The lowest BCUT2D eigenvalue weighted by Crippen LogP contribution is -2.47. The van der Waals surface area contributed by atoms with Crippen LogP contribution < -0.4 is 19.3 Å². The minimum atomic E-state index is 0.523. The zero-order valence-electron chi connectivity index (χ0n) is 24.1. The quantitative estimate of drug-likeness (QED) is 0.164. The van der Waals surface area contributed by atoms with E-state index in [0.717, 1.165) is 60.4 Å². The molecule has 0 atom stereocenters. The van der Waals surface area contributed by atoms with Crippen molar-refractivity contribution in [2.75, 3.05) is 48.8 Å². The number of piperazine rings is 1. The predicted molar refractivity (Wildman–Crippen MR) is 166 cm³/mol. The van der Waals surface area contributed by atoms with Crippen molar-refractivity contribution in [3.05, 3.63) is 89.9 Å². The van der Waals surface area contributed by atoms with E-state index < -0.39 is 0 Å². The zero-order chi connectivity index (χ0) is 28.6. The van der Waals surface area contributed by atoms with E-state index in [9.17, 15) is 0 Å². The summed E-state index contributed by atoms with van der Waals surface area (Å²) in [5, 5.41) is 0. The van der Waals surface area contributed by atoms with Crippen LogP contribution in [0.1, 0.15) is 25.0 Å². The Kier molecular flexibility index (Phi) is 9.36. The largest absolute Gasteiger partial charge is 0.489 e. The van der Waals surface area contributed by atoms with Gasteiger partial charge in [0.15, 0.2) is 11.6 Å². The number of anilines is 2. The summed E-state index contributed by atoms with van der Waals surface area (Å²) in [6.45, 7) is 10.5. The Hall–Kier alpha value is -4.11. The lowest BCUT2D eigenvalue weighted by Gasteiger charge is -2.36. The molecule has 0 radical (unpaired) electrons. The van der Waals surface area contributed by atoms with Gasteiger partial charge < -0.3 is 19.3 Å².